The van der Waals surface area contributed by atoms with Crippen molar-refractivity contribution in [3.63, 3.8) is 0 Å². The zero-order valence-corrected chi connectivity index (χ0v) is 9.17. The maximum absolute atomic E-state index is 9.07. The predicted molar refractivity (Wildman–Crippen MR) is 68.0 cm³/mol. The molecule has 0 unspecified atom stereocenters. The summed E-state index contributed by atoms with van der Waals surface area (Å²) < 4.78 is 1.92. The van der Waals surface area contributed by atoms with Gasteiger partial charge in [-0.15, -0.1) is 0 Å². The van der Waals surface area contributed by atoms with Gasteiger partial charge in [0.2, 0.25) is 0 Å². The van der Waals surface area contributed by atoms with E-state index in [2.05, 4.69) is 24.3 Å². The highest BCUT2D eigenvalue weighted by atomic mass is 15.0. The molecule has 2 nitrogen and oxygen atoms in total. The van der Waals surface area contributed by atoms with Crippen molar-refractivity contribution in [3.8, 4) is 11.8 Å². The second-order valence-corrected chi connectivity index (χ2v) is 3.87. The predicted octanol–water partition coefficient (Wildman–Crippen LogP) is 3.50. The fourth-order valence-corrected chi connectivity index (χ4v) is 2.10. The SMILES string of the molecule is N#Cc1cccn1-c1cccc2ccccc12. The first-order valence-electron chi connectivity index (χ1n) is 5.46. The third kappa shape index (κ3) is 1.49. The monoisotopic (exact) mass is 218 g/mol. The van der Waals surface area contributed by atoms with E-state index in [-0.39, 0.29) is 0 Å². The van der Waals surface area contributed by atoms with Gasteiger partial charge in [-0.2, -0.15) is 5.26 Å². The number of benzene rings is 2. The summed E-state index contributed by atoms with van der Waals surface area (Å²) in [6.07, 6.45) is 1.92. The van der Waals surface area contributed by atoms with Gasteiger partial charge < -0.3 is 4.57 Å². The molecule has 0 saturated carbocycles. The maximum Gasteiger partial charge on any atom is 0.124 e. The molecule has 1 heterocycles. The molecule has 0 N–H and O–H groups in total. The second kappa shape index (κ2) is 3.80. The molecule has 3 aromatic rings. The number of rotatable bonds is 1. The minimum atomic E-state index is 0.654. The summed E-state index contributed by atoms with van der Waals surface area (Å²) in [6.45, 7) is 0. The molecule has 0 saturated heterocycles. The summed E-state index contributed by atoms with van der Waals surface area (Å²) in [5.74, 6) is 0. The summed E-state index contributed by atoms with van der Waals surface area (Å²) >= 11 is 0. The molecule has 0 aliphatic carbocycles. The van der Waals surface area contributed by atoms with Crippen LogP contribution >= 0.6 is 0 Å². The fourth-order valence-electron chi connectivity index (χ4n) is 2.10. The number of nitriles is 1. The summed E-state index contributed by atoms with van der Waals surface area (Å²) in [4.78, 5) is 0. The topological polar surface area (TPSA) is 28.7 Å². The van der Waals surface area contributed by atoms with Gasteiger partial charge in [0, 0.05) is 11.6 Å². The van der Waals surface area contributed by atoms with Crippen molar-refractivity contribution in [2.75, 3.05) is 0 Å². The van der Waals surface area contributed by atoms with E-state index < -0.39 is 0 Å². The normalized spacial score (nSPS) is 10.3. The Bertz CT molecular complexity index is 712. The minimum Gasteiger partial charge on any atom is -0.308 e. The Morgan fingerprint density at radius 3 is 2.59 bits per heavy atom. The molecule has 0 bridgehead atoms. The van der Waals surface area contributed by atoms with Gasteiger partial charge in [-0.05, 0) is 23.6 Å². The van der Waals surface area contributed by atoms with Crippen LogP contribution in [0.5, 0.6) is 0 Å². The lowest BCUT2D eigenvalue weighted by Gasteiger charge is -2.08. The summed E-state index contributed by atoms with van der Waals surface area (Å²) in [7, 11) is 0. The molecule has 3 rings (SSSR count). The van der Waals surface area contributed by atoms with Crippen molar-refractivity contribution >= 4 is 10.8 Å². The highest BCUT2D eigenvalue weighted by Gasteiger charge is 2.05. The van der Waals surface area contributed by atoms with Crippen LogP contribution in [0, 0.1) is 11.3 Å². The fraction of sp³-hybridized carbons (Fsp3) is 0. The van der Waals surface area contributed by atoms with E-state index in [1.54, 1.807) is 0 Å². The van der Waals surface area contributed by atoms with E-state index in [1.807, 2.05) is 47.2 Å². The number of hydrogen-bond donors (Lipinski definition) is 0. The molecule has 0 amide bonds. The van der Waals surface area contributed by atoms with Gasteiger partial charge in [0.05, 0.1) is 5.69 Å². The third-order valence-electron chi connectivity index (χ3n) is 2.89. The van der Waals surface area contributed by atoms with Crippen LogP contribution in [0.4, 0.5) is 0 Å². The van der Waals surface area contributed by atoms with E-state index in [0.29, 0.717) is 5.69 Å². The number of hydrogen-bond acceptors (Lipinski definition) is 1. The molecule has 1 aromatic heterocycles. The summed E-state index contributed by atoms with van der Waals surface area (Å²) in [5, 5.41) is 11.4. The van der Waals surface area contributed by atoms with Crippen molar-refractivity contribution in [2.45, 2.75) is 0 Å². The molecular formula is C15H10N2. The average molecular weight is 218 g/mol. The lowest BCUT2D eigenvalue weighted by molar-refractivity contribution is 1.06. The molecular weight excluding hydrogens is 208 g/mol. The van der Waals surface area contributed by atoms with Gasteiger partial charge >= 0.3 is 0 Å². The van der Waals surface area contributed by atoms with Gasteiger partial charge in [-0.3, -0.25) is 0 Å². The van der Waals surface area contributed by atoms with Crippen molar-refractivity contribution < 1.29 is 0 Å². The van der Waals surface area contributed by atoms with E-state index in [9.17, 15) is 0 Å². The van der Waals surface area contributed by atoms with E-state index in [1.165, 1.54) is 5.39 Å². The Morgan fingerprint density at radius 2 is 1.71 bits per heavy atom. The van der Waals surface area contributed by atoms with Crippen LogP contribution in [0.3, 0.4) is 0 Å². The first-order chi connectivity index (χ1) is 8.40. The first-order valence-corrected chi connectivity index (χ1v) is 5.46. The Kier molecular flexibility index (Phi) is 2.16. The maximum atomic E-state index is 9.07. The highest BCUT2D eigenvalue weighted by Crippen LogP contribution is 2.23. The van der Waals surface area contributed by atoms with Crippen molar-refractivity contribution in [1.29, 1.82) is 5.26 Å². The highest BCUT2D eigenvalue weighted by molar-refractivity contribution is 5.90. The molecule has 2 aromatic carbocycles. The van der Waals surface area contributed by atoms with Crippen LogP contribution in [0.15, 0.2) is 60.8 Å². The Balaban J connectivity index is 2.35. The van der Waals surface area contributed by atoms with Gasteiger partial charge in [-0.25, -0.2) is 0 Å². The zero-order valence-electron chi connectivity index (χ0n) is 9.17. The van der Waals surface area contributed by atoms with Crippen LogP contribution in [-0.2, 0) is 0 Å². The van der Waals surface area contributed by atoms with E-state index in [0.717, 1.165) is 11.1 Å². The van der Waals surface area contributed by atoms with Crippen LogP contribution < -0.4 is 0 Å². The number of fused-ring (bicyclic) bond motifs is 1. The van der Waals surface area contributed by atoms with Crippen molar-refractivity contribution in [1.82, 2.24) is 4.57 Å². The third-order valence-corrected chi connectivity index (χ3v) is 2.89. The molecule has 17 heavy (non-hydrogen) atoms. The summed E-state index contributed by atoms with van der Waals surface area (Å²) in [5.41, 5.74) is 1.70. The number of aromatic nitrogens is 1. The second-order valence-electron chi connectivity index (χ2n) is 3.87. The molecule has 0 aliphatic heterocycles. The average Bonchev–Trinajstić information content (AvgIpc) is 2.86. The van der Waals surface area contributed by atoms with Gasteiger partial charge in [0.25, 0.3) is 0 Å². The van der Waals surface area contributed by atoms with Crippen molar-refractivity contribution in [3.05, 3.63) is 66.5 Å². The smallest absolute Gasteiger partial charge is 0.124 e. The molecule has 80 valence electrons. The minimum absolute atomic E-state index is 0.654. The molecule has 2 heteroatoms. The Hall–Kier alpha value is -2.53. The molecule has 0 spiro atoms. The standard InChI is InChI=1S/C15H10N2/c16-11-13-7-4-10-17(13)15-9-3-6-12-5-1-2-8-14(12)15/h1-10H. The molecule has 0 fully saturated rings. The molecule has 0 radical (unpaired) electrons. The summed E-state index contributed by atoms with van der Waals surface area (Å²) in [6, 6.07) is 20.2. The Labute approximate surface area is 99.3 Å². The van der Waals surface area contributed by atoms with Crippen LogP contribution in [0.2, 0.25) is 0 Å². The van der Waals surface area contributed by atoms with Gasteiger partial charge in [-0.1, -0.05) is 36.4 Å². The van der Waals surface area contributed by atoms with E-state index in [4.69, 9.17) is 5.26 Å². The first kappa shape index (κ1) is 9.68. The van der Waals surface area contributed by atoms with Crippen LogP contribution in [-0.4, -0.2) is 4.57 Å². The quantitative estimate of drug-likeness (QED) is 0.614. The number of nitrogens with zero attached hydrogens (tertiary/aromatic N) is 2. The van der Waals surface area contributed by atoms with Gasteiger partial charge in [0.1, 0.15) is 11.8 Å². The van der Waals surface area contributed by atoms with Gasteiger partial charge in [0.15, 0.2) is 0 Å². The molecule has 0 aliphatic rings. The molecule has 0 atom stereocenters. The lowest BCUT2D eigenvalue weighted by Crippen LogP contribution is -1.95. The van der Waals surface area contributed by atoms with Crippen LogP contribution in [0.1, 0.15) is 5.69 Å². The van der Waals surface area contributed by atoms with Crippen molar-refractivity contribution in [2.24, 2.45) is 0 Å². The van der Waals surface area contributed by atoms with Crippen LogP contribution in [0.25, 0.3) is 16.5 Å². The van der Waals surface area contributed by atoms with E-state index >= 15 is 0 Å². The lowest BCUT2D eigenvalue weighted by atomic mass is 10.1. The zero-order chi connectivity index (χ0) is 11.7. The largest absolute Gasteiger partial charge is 0.308 e. The Morgan fingerprint density at radius 1 is 0.882 bits per heavy atom.